The largest absolute Gasteiger partial charge is 0.453 e. The van der Waals surface area contributed by atoms with E-state index in [-0.39, 0.29) is 5.41 Å². The monoisotopic (exact) mass is 704 g/mol. The van der Waals surface area contributed by atoms with Crippen LogP contribution in [0.3, 0.4) is 0 Å². The second-order valence-electron chi connectivity index (χ2n) is 15.7. The molecule has 1 spiro atoms. The number of rotatable bonds is 3. The Morgan fingerprint density at radius 2 is 0.927 bits per heavy atom. The van der Waals surface area contributed by atoms with E-state index in [2.05, 4.69) is 206 Å². The van der Waals surface area contributed by atoms with Crippen molar-refractivity contribution in [1.29, 1.82) is 0 Å². The van der Waals surface area contributed by atoms with Gasteiger partial charge in [-0.25, -0.2) is 0 Å². The third-order valence-electron chi connectivity index (χ3n) is 12.6. The molecule has 0 bridgehead atoms. The van der Waals surface area contributed by atoms with Crippen molar-refractivity contribution in [2.45, 2.75) is 24.7 Å². The maximum absolute atomic E-state index is 6.90. The summed E-state index contributed by atoms with van der Waals surface area (Å²) in [4.78, 5) is 4.83. The van der Waals surface area contributed by atoms with Gasteiger partial charge in [-0.3, -0.25) is 0 Å². The van der Waals surface area contributed by atoms with E-state index >= 15 is 0 Å². The summed E-state index contributed by atoms with van der Waals surface area (Å²) in [6.07, 6.45) is 0. The Balaban J connectivity index is 1.13. The molecule has 3 heteroatoms. The van der Waals surface area contributed by atoms with Gasteiger partial charge >= 0.3 is 0 Å². The van der Waals surface area contributed by atoms with Crippen molar-refractivity contribution < 1.29 is 4.74 Å². The van der Waals surface area contributed by atoms with Crippen molar-refractivity contribution in [2.75, 3.05) is 9.80 Å². The van der Waals surface area contributed by atoms with Crippen LogP contribution in [0, 0.1) is 0 Å². The summed E-state index contributed by atoms with van der Waals surface area (Å²) >= 11 is 0. The normalized spacial score (nSPS) is 15.1. The highest BCUT2D eigenvalue weighted by Gasteiger charge is 2.52. The zero-order valence-electron chi connectivity index (χ0n) is 30.6. The second-order valence-corrected chi connectivity index (χ2v) is 15.7. The molecule has 0 saturated carbocycles. The van der Waals surface area contributed by atoms with Crippen molar-refractivity contribution in [3.8, 4) is 33.8 Å². The first-order valence-corrected chi connectivity index (χ1v) is 19.2. The van der Waals surface area contributed by atoms with Gasteiger partial charge in [0.15, 0.2) is 11.5 Å². The lowest BCUT2D eigenvalue weighted by atomic mass is 9.70. The fourth-order valence-corrected chi connectivity index (χ4v) is 10.3. The lowest BCUT2D eigenvalue weighted by molar-refractivity contribution is 0.471. The van der Waals surface area contributed by atoms with Gasteiger partial charge in [-0.2, -0.15) is 0 Å². The summed E-state index contributed by atoms with van der Waals surface area (Å²) in [6.45, 7) is 4.70. The van der Waals surface area contributed by atoms with Gasteiger partial charge in [-0.1, -0.05) is 141 Å². The van der Waals surface area contributed by atoms with E-state index in [4.69, 9.17) is 4.74 Å². The van der Waals surface area contributed by atoms with Crippen LogP contribution in [0.25, 0.3) is 22.3 Å². The Morgan fingerprint density at radius 1 is 0.400 bits per heavy atom. The number of benzene rings is 8. The smallest absolute Gasteiger partial charge is 0.153 e. The highest BCUT2D eigenvalue weighted by atomic mass is 16.5. The molecule has 0 fully saturated rings. The molecule has 0 saturated heterocycles. The summed E-state index contributed by atoms with van der Waals surface area (Å²) in [5.41, 5.74) is 19.0. The molecule has 4 aliphatic rings. The highest BCUT2D eigenvalue weighted by Crippen LogP contribution is 2.64. The Kier molecular flexibility index (Phi) is 6.05. The molecule has 0 unspecified atom stereocenters. The van der Waals surface area contributed by atoms with Crippen LogP contribution in [0.15, 0.2) is 182 Å². The third-order valence-corrected chi connectivity index (χ3v) is 12.6. The first-order valence-electron chi connectivity index (χ1n) is 19.2. The molecule has 0 atom stereocenters. The van der Waals surface area contributed by atoms with Gasteiger partial charge in [0.1, 0.15) is 0 Å². The molecule has 8 aromatic carbocycles. The van der Waals surface area contributed by atoms with Crippen LogP contribution in [0.1, 0.15) is 47.2 Å². The van der Waals surface area contributed by atoms with Gasteiger partial charge in [0.25, 0.3) is 0 Å². The predicted octanol–water partition coefficient (Wildman–Crippen LogP) is 13.7. The molecular weight excluding hydrogens is 669 g/mol. The van der Waals surface area contributed by atoms with E-state index in [1.54, 1.807) is 0 Å². The van der Waals surface area contributed by atoms with Gasteiger partial charge in [0.2, 0.25) is 0 Å². The molecule has 0 aromatic heterocycles. The molecule has 0 radical (unpaired) electrons. The molecule has 0 amide bonds. The molecule has 0 N–H and O–H groups in total. The van der Waals surface area contributed by atoms with Crippen LogP contribution in [-0.4, -0.2) is 0 Å². The summed E-state index contributed by atoms with van der Waals surface area (Å²) in [7, 11) is 0. The lowest BCUT2D eigenvalue weighted by Gasteiger charge is -2.45. The predicted molar refractivity (Wildman–Crippen MR) is 224 cm³/mol. The van der Waals surface area contributed by atoms with Crippen LogP contribution in [-0.2, 0) is 10.8 Å². The summed E-state index contributed by atoms with van der Waals surface area (Å²) in [5.74, 6) is 1.72. The van der Waals surface area contributed by atoms with Gasteiger partial charge in [-0.15, -0.1) is 0 Å². The van der Waals surface area contributed by atoms with Crippen LogP contribution < -0.4 is 14.5 Å². The molecular formula is C52H36N2O. The van der Waals surface area contributed by atoms with E-state index < -0.39 is 5.41 Å². The van der Waals surface area contributed by atoms with Gasteiger partial charge < -0.3 is 14.5 Å². The van der Waals surface area contributed by atoms with Crippen LogP contribution in [0.2, 0.25) is 0 Å². The topological polar surface area (TPSA) is 15.7 Å². The van der Waals surface area contributed by atoms with Crippen molar-refractivity contribution in [1.82, 2.24) is 0 Å². The zero-order valence-corrected chi connectivity index (χ0v) is 30.6. The minimum atomic E-state index is -0.432. The summed E-state index contributed by atoms with van der Waals surface area (Å²) in [5, 5.41) is 0. The fraction of sp³-hybridized carbons (Fsp3) is 0.0769. The minimum Gasteiger partial charge on any atom is -0.453 e. The van der Waals surface area contributed by atoms with Crippen molar-refractivity contribution in [2.24, 2.45) is 0 Å². The van der Waals surface area contributed by atoms with Gasteiger partial charge in [0, 0.05) is 22.9 Å². The molecule has 2 heterocycles. The molecule has 55 heavy (non-hydrogen) atoms. The van der Waals surface area contributed by atoms with E-state index in [1.165, 1.54) is 61.3 Å². The minimum absolute atomic E-state index is 0.286. The number of hydrogen-bond donors (Lipinski definition) is 0. The average molecular weight is 705 g/mol. The number of anilines is 6. The number of nitrogens with zero attached hydrogens (tertiary/aromatic N) is 2. The second kappa shape index (κ2) is 10.9. The Bertz CT molecular complexity index is 2840. The zero-order chi connectivity index (χ0) is 36.5. The highest BCUT2D eigenvalue weighted by molar-refractivity contribution is 5.98. The quantitative estimate of drug-likeness (QED) is 0.182. The maximum Gasteiger partial charge on any atom is 0.153 e. The van der Waals surface area contributed by atoms with Crippen molar-refractivity contribution in [3.63, 3.8) is 0 Å². The van der Waals surface area contributed by atoms with E-state index in [1.807, 2.05) is 0 Å². The molecule has 8 aromatic rings. The standard InChI is InChI=1S/C52H36N2O/c1-51(2)43-24-12-13-25-46(43)54-47-26-14-15-27-48(47)55-49-32-35(31-45(51)50(49)54)53(33-16-4-3-5-17-33)34-28-29-39-38-20-8-11-23-42(38)52(44(39)30-34)40-21-9-6-18-36(40)37-19-7-10-22-41(37)52/h3-32H,1-2H3. The Morgan fingerprint density at radius 3 is 1.60 bits per heavy atom. The van der Waals surface area contributed by atoms with Gasteiger partial charge in [-0.05, 0) is 104 Å². The summed E-state index contributed by atoms with van der Waals surface area (Å²) in [6, 6.07) is 66.9. The SMILES string of the molecule is CC1(C)c2ccccc2N2c3ccccc3Oc3cc(N(c4ccccc4)c4ccc5c(c4)C4(c6ccccc6-c6ccccc64)c4ccccc4-5)cc1c32. The van der Waals surface area contributed by atoms with Crippen LogP contribution >= 0.6 is 0 Å². The van der Waals surface area contributed by atoms with Crippen LogP contribution in [0.4, 0.5) is 34.1 Å². The Hall–Kier alpha value is -6.84. The average Bonchev–Trinajstić information content (AvgIpc) is 3.70. The third kappa shape index (κ3) is 3.89. The maximum atomic E-state index is 6.90. The first kappa shape index (κ1) is 30.6. The Labute approximate surface area is 321 Å². The summed E-state index contributed by atoms with van der Waals surface area (Å²) < 4.78 is 6.90. The van der Waals surface area contributed by atoms with E-state index in [9.17, 15) is 0 Å². The lowest BCUT2D eigenvalue weighted by Crippen LogP contribution is -2.32. The number of ether oxygens (including phenoxy) is 1. The number of para-hydroxylation sites is 4. The van der Waals surface area contributed by atoms with Crippen molar-refractivity contribution >= 4 is 34.1 Å². The molecule has 2 aliphatic heterocycles. The van der Waals surface area contributed by atoms with Crippen LogP contribution in [0.5, 0.6) is 11.5 Å². The molecule has 2 aliphatic carbocycles. The molecule has 3 nitrogen and oxygen atoms in total. The fourth-order valence-electron chi connectivity index (χ4n) is 10.3. The molecule has 12 rings (SSSR count). The van der Waals surface area contributed by atoms with Crippen molar-refractivity contribution in [3.05, 3.63) is 215 Å². The van der Waals surface area contributed by atoms with E-state index in [0.29, 0.717) is 0 Å². The first-order chi connectivity index (χ1) is 27.0. The number of hydrogen-bond acceptors (Lipinski definition) is 3. The van der Waals surface area contributed by atoms with E-state index in [0.717, 1.165) is 39.9 Å². The van der Waals surface area contributed by atoms with Gasteiger partial charge in [0.05, 0.1) is 28.2 Å². The molecule has 260 valence electrons. The number of fused-ring (bicyclic) bond motifs is 14.